The van der Waals surface area contributed by atoms with E-state index in [-0.39, 0.29) is 11.5 Å². The van der Waals surface area contributed by atoms with E-state index < -0.39 is 12.1 Å². The van der Waals surface area contributed by atoms with E-state index in [1.54, 1.807) is 0 Å². The smallest absolute Gasteiger partial charge is 0.493 e. The first-order valence-corrected chi connectivity index (χ1v) is 6.84. The van der Waals surface area contributed by atoms with Crippen molar-refractivity contribution in [3.8, 4) is 22.9 Å². The van der Waals surface area contributed by atoms with Gasteiger partial charge in [0.15, 0.2) is 11.5 Å². The first-order chi connectivity index (χ1) is 11.4. The summed E-state index contributed by atoms with van der Waals surface area (Å²) in [5.74, 6) is -2.28. The molecule has 0 aliphatic rings. The number of alkyl halides is 2. The number of ether oxygens (including phenoxy) is 2. The van der Waals surface area contributed by atoms with Gasteiger partial charge in [-0.2, -0.15) is 8.78 Å². The van der Waals surface area contributed by atoms with Crippen LogP contribution >= 0.6 is 0 Å². The van der Waals surface area contributed by atoms with Crippen molar-refractivity contribution in [3.05, 3.63) is 42.5 Å². The number of nitrogens with zero attached hydrogens (tertiary/aromatic N) is 1. The molecule has 1 aromatic heterocycles. The van der Waals surface area contributed by atoms with Crippen LogP contribution in [0.2, 0.25) is 0 Å². The van der Waals surface area contributed by atoms with Gasteiger partial charge in [-0.05, 0) is 30.3 Å². The molecule has 8 heteroatoms. The molecule has 6 nitrogen and oxygen atoms in total. The lowest BCUT2D eigenvalue weighted by Crippen LogP contribution is -2.34. The van der Waals surface area contributed by atoms with Gasteiger partial charge in [-0.3, -0.25) is 0 Å². The first-order valence-electron chi connectivity index (χ1n) is 6.84. The number of rotatable bonds is 5. The van der Waals surface area contributed by atoms with Crippen molar-refractivity contribution in [1.29, 1.82) is 0 Å². The Morgan fingerprint density at radius 3 is 2.62 bits per heavy atom. The number of carboxylic acid groups (broad SMARTS) is 1. The van der Waals surface area contributed by atoms with Crippen LogP contribution in [0.5, 0.6) is 11.5 Å². The lowest BCUT2D eigenvalue weighted by atomic mass is 10.2. The summed E-state index contributed by atoms with van der Waals surface area (Å²) in [6, 6.07) is 11.5. The van der Waals surface area contributed by atoms with E-state index in [1.165, 1.54) is 25.3 Å². The lowest BCUT2D eigenvalue weighted by molar-refractivity contribution is -0.211. The van der Waals surface area contributed by atoms with Gasteiger partial charge in [-0.15, -0.1) is 0 Å². The Labute approximate surface area is 134 Å². The van der Waals surface area contributed by atoms with Gasteiger partial charge in [0.2, 0.25) is 0 Å². The van der Waals surface area contributed by atoms with Crippen molar-refractivity contribution in [2.24, 2.45) is 0 Å². The highest BCUT2D eigenvalue weighted by Crippen LogP contribution is 2.35. The molecule has 3 aromatic rings. The van der Waals surface area contributed by atoms with Crippen LogP contribution in [-0.4, -0.2) is 34.3 Å². The van der Waals surface area contributed by atoms with E-state index in [2.05, 4.69) is 14.7 Å². The van der Waals surface area contributed by atoms with Gasteiger partial charge in [0, 0.05) is 5.56 Å². The Balaban J connectivity index is 1.98. The zero-order valence-electron chi connectivity index (χ0n) is 12.4. The Hall–Kier alpha value is -3.16. The van der Waals surface area contributed by atoms with Crippen molar-refractivity contribution in [3.63, 3.8) is 0 Å². The SMILES string of the molecule is COc1cc(-c2nc3ccccc3[nH]2)ccc1OC(F)(F)C(=O)O. The standard InChI is InChI=1S/C16H12F2N2O4/c1-23-13-8-9(6-7-12(13)24-16(17,18)15(21)22)14-19-10-4-2-3-5-11(10)20-14/h2-8H,1H3,(H,19,20)(H,21,22). The average Bonchev–Trinajstić information content (AvgIpc) is 2.98. The molecule has 0 saturated carbocycles. The summed E-state index contributed by atoms with van der Waals surface area (Å²) in [7, 11) is 1.27. The third-order valence-electron chi connectivity index (χ3n) is 3.31. The van der Waals surface area contributed by atoms with Crippen LogP contribution in [0.15, 0.2) is 42.5 Å². The van der Waals surface area contributed by atoms with Gasteiger partial charge in [0.05, 0.1) is 18.1 Å². The fourth-order valence-corrected chi connectivity index (χ4v) is 2.17. The van der Waals surface area contributed by atoms with Gasteiger partial charge in [0.25, 0.3) is 0 Å². The number of benzene rings is 2. The average molecular weight is 334 g/mol. The third-order valence-corrected chi connectivity index (χ3v) is 3.31. The summed E-state index contributed by atoms with van der Waals surface area (Å²) >= 11 is 0. The monoisotopic (exact) mass is 334 g/mol. The van der Waals surface area contributed by atoms with Crippen LogP contribution in [-0.2, 0) is 4.79 Å². The van der Waals surface area contributed by atoms with E-state index in [0.29, 0.717) is 11.4 Å². The second-order valence-corrected chi connectivity index (χ2v) is 4.89. The molecule has 124 valence electrons. The van der Waals surface area contributed by atoms with Gasteiger partial charge >= 0.3 is 12.1 Å². The van der Waals surface area contributed by atoms with Crippen LogP contribution in [0.4, 0.5) is 8.78 Å². The fourth-order valence-electron chi connectivity index (χ4n) is 2.17. The number of hydrogen-bond acceptors (Lipinski definition) is 4. The molecule has 24 heavy (non-hydrogen) atoms. The molecular formula is C16H12F2N2O4. The van der Waals surface area contributed by atoms with Crippen LogP contribution in [0.3, 0.4) is 0 Å². The molecule has 0 spiro atoms. The molecule has 2 N–H and O–H groups in total. The number of imidazole rings is 1. The minimum absolute atomic E-state index is 0.0334. The molecule has 0 aliphatic carbocycles. The summed E-state index contributed by atoms with van der Waals surface area (Å²) in [5.41, 5.74) is 2.16. The minimum atomic E-state index is -4.35. The lowest BCUT2D eigenvalue weighted by Gasteiger charge is -2.16. The predicted octanol–water partition coefficient (Wildman–Crippen LogP) is 3.29. The van der Waals surface area contributed by atoms with Crippen LogP contribution in [0, 0.1) is 0 Å². The van der Waals surface area contributed by atoms with Crippen molar-refractivity contribution in [2.45, 2.75) is 6.11 Å². The molecule has 0 amide bonds. The van der Waals surface area contributed by atoms with Gasteiger partial charge < -0.3 is 19.6 Å². The number of fused-ring (bicyclic) bond motifs is 1. The fraction of sp³-hybridized carbons (Fsp3) is 0.125. The van der Waals surface area contributed by atoms with E-state index in [9.17, 15) is 13.6 Å². The second kappa shape index (κ2) is 5.80. The van der Waals surface area contributed by atoms with Crippen LogP contribution in [0.1, 0.15) is 0 Å². The van der Waals surface area contributed by atoms with Crippen molar-refractivity contribution in [1.82, 2.24) is 9.97 Å². The van der Waals surface area contributed by atoms with Gasteiger partial charge in [0.1, 0.15) is 5.82 Å². The number of para-hydroxylation sites is 2. The van der Waals surface area contributed by atoms with E-state index in [0.717, 1.165) is 11.0 Å². The predicted molar refractivity (Wildman–Crippen MR) is 81.3 cm³/mol. The number of carboxylic acids is 1. The maximum absolute atomic E-state index is 13.2. The molecule has 0 radical (unpaired) electrons. The Bertz CT molecular complexity index is 875. The highest BCUT2D eigenvalue weighted by atomic mass is 19.3. The highest BCUT2D eigenvalue weighted by Gasteiger charge is 2.43. The molecule has 0 fully saturated rings. The maximum atomic E-state index is 13.2. The minimum Gasteiger partial charge on any atom is -0.493 e. The third kappa shape index (κ3) is 2.85. The first kappa shape index (κ1) is 15.7. The van der Waals surface area contributed by atoms with E-state index >= 15 is 0 Å². The summed E-state index contributed by atoms with van der Waals surface area (Å²) < 4.78 is 35.7. The molecule has 0 atom stereocenters. The number of halogens is 2. The molecule has 0 saturated heterocycles. The van der Waals surface area contributed by atoms with Crippen molar-refractivity contribution in [2.75, 3.05) is 7.11 Å². The Morgan fingerprint density at radius 1 is 1.21 bits per heavy atom. The number of carbonyl (C=O) groups is 1. The Kier molecular flexibility index (Phi) is 3.80. The Morgan fingerprint density at radius 2 is 1.96 bits per heavy atom. The molecule has 0 bridgehead atoms. The summed E-state index contributed by atoms with van der Waals surface area (Å²) in [4.78, 5) is 18.0. The number of nitrogens with one attached hydrogen (secondary N) is 1. The zero-order valence-corrected chi connectivity index (χ0v) is 12.4. The van der Waals surface area contributed by atoms with E-state index in [1.807, 2.05) is 24.3 Å². The molecule has 0 unspecified atom stereocenters. The highest BCUT2D eigenvalue weighted by molar-refractivity contribution is 5.79. The maximum Gasteiger partial charge on any atom is 0.502 e. The van der Waals surface area contributed by atoms with Crippen LogP contribution in [0.25, 0.3) is 22.4 Å². The summed E-state index contributed by atoms with van der Waals surface area (Å²) in [5, 5.41) is 8.45. The number of aromatic nitrogens is 2. The van der Waals surface area contributed by atoms with Crippen molar-refractivity contribution >= 4 is 17.0 Å². The van der Waals surface area contributed by atoms with Crippen LogP contribution < -0.4 is 9.47 Å². The van der Waals surface area contributed by atoms with Crippen molar-refractivity contribution < 1.29 is 28.2 Å². The molecule has 1 heterocycles. The number of aliphatic carboxylic acids is 1. The summed E-state index contributed by atoms with van der Waals surface area (Å²) in [6.07, 6.45) is -4.35. The van der Waals surface area contributed by atoms with Gasteiger partial charge in [-0.1, -0.05) is 12.1 Å². The molecule has 0 aliphatic heterocycles. The largest absolute Gasteiger partial charge is 0.502 e. The normalized spacial score (nSPS) is 11.5. The molecule has 2 aromatic carbocycles. The van der Waals surface area contributed by atoms with E-state index in [4.69, 9.17) is 9.84 Å². The zero-order chi connectivity index (χ0) is 17.3. The van der Waals surface area contributed by atoms with Gasteiger partial charge in [-0.25, -0.2) is 9.78 Å². The number of methoxy groups -OCH3 is 1. The number of H-pyrrole nitrogens is 1. The topological polar surface area (TPSA) is 84.4 Å². The number of hydrogen-bond donors (Lipinski definition) is 2. The number of aromatic amines is 1. The summed E-state index contributed by atoms with van der Waals surface area (Å²) in [6.45, 7) is 0. The second-order valence-electron chi connectivity index (χ2n) is 4.89. The quantitative estimate of drug-likeness (QED) is 0.748. The molecule has 3 rings (SSSR count). The molecular weight excluding hydrogens is 322 g/mol.